The number of unbranched alkanes of at least 4 members (excludes halogenated alkanes) is 2. The number of hydrogen-bond acceptors (Lipinski definition) is 2. The minimum absolute atomic E-state index is 0.330. The van der Waals surface area contributed by atoms with Gasteiger partial charge in [-0.3, -0.25) is 0 Å². The molecule has 0 aromatic carbocycles. The van der Waals surface area contributed by atoms with Crippen LogP contribution >= 0.6 is 0 Å². The van der Waals surface area contributed by atoms with Crippen LogP contribution in [0, 0.1) is 0 Å². The zero-order valence-corrected chi connectivity index (χ0v) is 13.4. The third-order valence-electron chi connectivity index (χ3n) is 3.81. The highest BCUT2D eigenvalue weighted by atomic mass is 16.5. The maximum absolute atomic E-state index is 6.05. The molecule has 0 N–H and O–H groups in total. The first-order chi connectivity index (χ1) is 9.88. The Labute approximate surface area is 125 Å². The van der Waals surface area contributed by atoms with E-state index in [1.54, 1.807) is 0 Å². The largest absolute Gasteiger partial charge is 0.376 e. The molecule has 2 nitrogen and oxygen atoms in total. The molecule has 0 aromatic rings. The minimum atomic E-state index is 0.330. The van der Waals surface area contributed by atoms with Crippen LogP contribution in [-0.4, -0.2) is 25.4 Å². The quantitative estimate of drug-likeness (QED) is 0.412. The molecule has 0 spiro atoms. The summed E-state index contributed by atoms with van der Waals surface area (Å²) in [6.45, 7) is 5.88. The van der Waals surface area contributed by atoms with Crippen LogP contribution in [0.3, 0.4) is 0 Å². The maximum atomic E-state index is 6.05. The van der Waals surface area contributed by atoms with Gasteiger partial charge in [0.25, 0.3) is 0 Å². The van der Waals surface area contributed by atoms with Crippen LogP contribution in [0.4, 0.5) is 0 Å². The van der Waals surface area contributed by atoms with Crippen LogP contribution in [0.25, 0.3) is 0 Å². The first-order valence-corrected chi connectivity index (χ1v) is 8.34. The van der Waals surface area contributed by atoms with Crippen molar-refractivity contribution in [3.63, 3.8) is 0 Å². The highest BCUT2D eigenvalue weighted by molar-refractivity contribution is 4.79. The standard InChI is InChI=1S/C18H32O2/c1-3-5-7-11-15-19-17-13-9-10-14-18(17)20-16-12-8-6-4-2/h3-6,17-18H,7-16H2,1-2H3/b5-3+,6-4+. The van der Waals surface area contributed by atoms with Gasteiger partial charge in [0.05, 0.1) is 12.2 Å². The zero-order valence-electron chi connectivity index (χ0n) is 13.4. The molecule has 0 aliphatic heterocycles. The second-order valence-electron chi connectivity index (χ2n) is 5.53. The monoisotopic (exact) mass is 280 g/mol. The fourth-order valence-corrected chi connectivity index (χ4v) is 2.65. The van der Waals surface area contributed by atoms with E-state index in [0.717, 1.165) is 38.9 Å². The molecule has 1 saturated carbocycles. The van der Waals surface area contributed by atoms with Gasteiger partial charge < -0.3 is 9.47 Å². The summed E-state index contributed by atoms with van der Waals surface area (Å²) < 4.78 is 12.1. The first-order valence-electron chi connectivity index (χ1n) is 8.34. The number of allylic oxidation sites excluding steroid dienone is 4. The summed E-state index contributed by atoms with van der Waals surface area (Å²) in [6, 6.07) is 0. The lowest BCUT2D eigenvalue weighted by molar-refractivity contribution is -0.0927. The summed E-state index contributed by atoms with van der Waals surface area (Å²) in [6.07, 6.45) is 18.7. The summed E-state index contributed by atoms with van der Waals surface area (Å²) in [5.41, 5.74) is 0. The van der Waals surface area contributed by atoms with E-state index in [4.69, 9.17) is 9.47 Å². The van der Waals surface area contributed by atoms with Gasteiger partial charge in [0, 0.05) is 13.2 Å². The Kier molecular flexibility index (Phi) is 10.6. The van der Waals surface area contributed by atoms with Crippen LogP contribution < -0.4 is 0 Å². The Balaban J connectivity index is 2.16. The van der Waals surface area contributed by atoms with Gasteiger partial charge in [-0.25, -0.2) is 0 Å². The van der Waals surface area contributed by atoms with Crippen molar-refractivity contribution in [2.24, 2.45) is 0 Å². The molecule has 1 fully saturated rings. The van der Waals surface area contributed by atoms with Crippen molar-refractivity contribution in [3.05, 3.63) is 24.3 Å². The SMILES string of the molecule is C/C=C/CCCOC1CCCCC1OCCC/C=C/C. The van der Waals surface area contributed by atoms with E-state index in [0.29, 0.717) is 12.2 Å². The summed E-state index contributed by atoms with van der Waals surface area (Å²) in [5, 5.41) is 0. The number of ether oxygens (including phenoxy) is 2. The molecule has 0 saturated heterocycles. The highest BCUT2D eigenvalue weighted by Gasteiger charge is 2.26. The Morgan fingerprint density at radius 3 is 1.65 bits per heavy atom. The topological polar surface area (TPSA) is 18.5 Å². The smallest absolute Gasteiger partial charge is 0.0836 e. The Hall–Kier alpha value is -0.600. The van der Waals surface area contributed by atoms with E-state index in [2.05, 4.69) is 38.2 Å². The molecule has 1 aliphatic carbocycles. The van der Waals surface area contributed by atoms with E-state index in [1.807, 2.05) is 0 Å². The summed E-state index contributed by atoms with van der Waals surface area (Å²) in [7, 11) is 0. The van der Waals surface area contributed by atoms with Gasteiger partial charge in [0.1, 0.15) is 0 Å². The van der Waals surface area contributed by atoms with Crippen molar-refractivity contribution in [1.82, 2.24) is 0 Å². The summed E-state index contributed by atoms with van der Waals surface area (Å²) >= 11 is 0. The van der Waals surface area contributed by atoms with Crippen molar-refractivity contribution in [2.45, 2.75) is 77.4 Å². The molecule has 2 atom stereocenters. The Bertz CT molecular complexity index is 243. The van der Waals surface area contributed by atoms with Gasteiger partial charge in [-0.2, -0.15) is 0 Å². The molecule has 0 bridgehead atoms. The van der Waals surface area contributed by atoms with Crippen LogP contribution in [0.2, 0.25) is 0 Å². The first kappa shape index (κ1) is 17.5. The van der Waals surface area contributed by atoms with Gasteiger partial charge in [-0.05, 0) is 52.4 Å². The highest BCUT2D eigenvalue weighted by Crippen LogP contribution is 2.24. The van der Waals surface area contributed by atoms with E-state index in [9.17, 15) is 0 Å². The average Bonchev–Trinajstić information content (AvgIpc) is 2.48. The van der Waals surface area contributed by atoms with Crippen LogP contribution in [0.15, 0.2) is 24.3 Å². The molecular weight excluding hydrogens is 248 g/mol. The molecular formula is C18H32O2. The van der Waals surface area contributed by atoms with Crippen molar-refractivity contribution in [2.75, 3.05) is 13.2 Å². The van der Waals surface area contributed by atoms with Crippen LogP contribution in [0.1, 0.15) is 65.2 Å². The molecule has 0 radical (unpaired) electrons. The normalized spacial score (nSPS) is 23.9. The van der Waals surface area contributed by atoms with E-state index in [-0.39, 0.29) is 0 Å². The average molecular weight is 280 g/mol. The Morgan fingerprint density at radius 1 is 0.800 bits per heavy atom. The van der Waals surface area contributed by atoms with Gasteiger partial charge in [-0.15, -0.1) is 0 Å². The lowest BCUT2D eigenvalue weighted by Gasteiger charge is -2.31. The number of hydrogen-bond donors (Lipinski definition) is 0. The van der Waals surface area contributed by atoms with Gasteiger partial charge >= 0.3 is 0 Å². The van der Waals surface area contributed by atoms with Crippen LogP contribution in [0.5, 0.6) is 0 Å². The molecule has 0 amide bonds. The maximum Gasteiger partial charge on any atom is 0.0836 e. The molecule has 0 aromatic heterocycles. The van der Waals surface area contributed by atoms with Gasteiger partial charge in [0.15, 0.2) is 0 Å². The van der Waals surface area contributed by atoms with Crippen molar-refractivity contribution >= 4 is 0 Å². The lowest BCUT2D eigenvalue weighted by Crippen LogP contribution is -2.35. The van der Waals surface area contributed by atoms with E-state index >= 15 is 0 Å². The third kappa shape index (κ3) is 7.86. The van der Waals surface area contributed by atoms with E-state index < -0.39 is 0 Å². The fraction of sp³-hybridized carbons (Fsp3) is 0.778. The zero-order chi connectivity index (χ0) is 14.5. The van der Waals surface area contributed by atoms with Crippen molar-refractivity contribution < 1.29 is 9.47 Å². The predicted molar refractivity (Wildman–Crippen MR) is 86.0 cm³/mol. The lowest BCUT2D eigenvalue weighted by atomic mass is 9.94. The molecule has 0 heterocycles. The molecule has 2 unspecified atom stereocenters. The second-order valence-corrected chi connectivity index (χ2v) is 5.53. The van der Waals surface area contributed by atoms with E-state index in [1.165, 1.54) is 25.7 Å². The molecule has 1 aliphatic rings. The summed E-state index contributed by atoms with van der Waals surface area (Å²) in [5.74, 6) is 0. The van der Waals surface area contributed by atoms with Crippen molar-refractivity contribution in [3.8, 4) is 0 Å². The van der Waals surface area contributed by atoms with Crippen LogP contribution in [-0.2, 0) is 9.47 Å². The molecule has 2 heteroatoms. The van der Waals surface area contributed by atoms with Gasteiger partial charge in [-0.1, -0.05) is 37.1 Å². The molecule has 20 heavy (non-hydrogen) atoms. The van der Waals surface area contributed by atoms with Crippen molar-refractivity contribution in [1.29, 1.82) is 0 Å². The molecule has 116 valence electrons. The number of rotatable bonds is 10. The second kappa shape index (κ2) is 12.2. The third-order valence-corrected chi connectivity index (χ3v) is 3.81. The fourth-order valence-electron chi connectivity index (χ4n) is 2.65. The Morgan fingerprint density at radius 2 is 1.25 bits per heavy atom. The molecule has 1 rings (SSSR count). The predicted octanol–water partition coefficient (Wildman–Crippen LogP) is 5.04. The summed E-state index contributed by atoms with van der Waals surface area (Å²) in [4.78, 5) is 0. The minimum Gasteiger partial charge on any atom is -0.376 e. The van der Waals surface area contributed by atoms with Gasteiger partial charge in [0.2, 0.25) is 0 Å².